The summed E-state index contributed by atoms with van der Waals surface area (Å²) in [6.07, 6.45) is 0. The summed E-state index contributed by atoms with van der Waals surface area (Å²) in [6, 6.07) is 4.79. The second-order valence-corrected chi connectivity index (χ2v) is 7.63. The third-order valence-corrected chi connectivity index (χ3v) is 5.13. The summed E-state index contributed by atoms with van der Waals surface area (Å²) in [6.45, 7) is 4.79. The zero-order chi connectivity index (χ0) is 20.2. The number of hydrazine groups is 1. The minimum atomic E-state index is -4.02. The lowest BCUT2D eigenvalue weighted by atomic mass is 10.3. The Morgan fingerprint density at radius 2 is 1.81 bits per heavy atom. The lowest BCUT2D eigenvalue weighted by molar-refractivity contribution is -0.130. The predicted molar refractivity (Wildman–Crippen MR) is 94.2 cm³/mol. The molecule has 1 heterocycles. The zero-order valence-corrected chi connectivity index (χ0v) is 15.8. The molecule has 2 aromatic rings. The van der Waals surface area contributed by atoms with Gasteiger partial charge in [0.15, 0.2) is 0 Å². The van der Waals surface area contributed by atoms with Gasteiger partial charge in [0.05, 0.1) is 16.6 Å². The Morgan fingerprint density at radius 1 is 1.19 bits per heavy atom. The van der Waals surface area contributed by atoms with E-state index >= 15 is 0 Å². The molecule has 0 unspecified atom stereocenters. The van der Waals surface area contributed by atoms with Crippen LogP contribution in [0.2, 0.25) is 0 Å². The fourth-order valence-corrected chi connectivity index (χ4v) is 3.42. The van der Waals surface area contributed by atoms with Crippen molar-refractivity contribution in [1.29, 1.82) is 0 Å². The molecule has 0 spiro atoms. The Morgan fingerprint density at radius 3 is 2.37 bits per heavy atom. The molecule has 0 aliphatic heterocycles. The number of hydrogen-bond donors (Lipinski definition) is 3. The number of aryl methyl sites for hydroxylation is 2. The van der Waals surface area contributed by atoms with Crippen LogP contribution in [0.15, 0.2) is 35.2 Å². The molecule has 0 bridgehead atoms. The molecule has 1 aromatic heterocycles. The fraction of sp³-hybridized carbons (Fsp3) is 0.312. The number of nitrogens with zero attached hydrogens (tertiary/aromatic N) is 2. The van der Waals surface area contributed by atoms with Gasteiger partial charge in [-0.25, -0.2) is 12.8 Å². The number of carbonyl (C=O) groups excluding carboxylic acids is 2. The molecule has 0 saturated carbocycles. The molecular weight excluding hydrogens is 377 g/mol. The number of rotatable bonds is 6. The van der Waals surface area contributed by atoms with Crippen LogP contribution < -0.4 is 15.6 Å². The Hall–Kier alpha value is -2.79. The Kier molecular flexibility index (Phi) is 6.28. The molecule has 1 atom stereocenters. The van der Waals surface area contributed by atoms with Crippen molar-refractivity contribution >= 4 is 21.8 Å². The average molecular weight is 397 g/mol. The van der Waals surface area contributed by atoms with E-state index in [4.69, 9.17) is 0 Å². The summed E-state index contributed by atoms with van der Waals surface area (Å²) in [4.78, 5) is 23.7. The highest BCUT2D eigenvalue weighted by Gasteiger charge is 2.22. The highest BCUT2D eigenvalue weighted by atomic mass is 32.2. The molecular formula is C16H20FN5O4S. The number of amides is 2. The van der Waals surface area contributed by atoms with Crippen molar-refractivity contribution in [1.82, 2.24) is 25.4 Å². The van der Waals surface area contributed by atoms with Crippen LogP contribution >= 0.6 is 0 Å². The van der Waals surface area contributed by atoms with Crippen LogP contribution in [0.4, 0.5) is 4.39 Å². The van der Waals surface area contributed by atoms with E-state index in [2.05, 4.69) is 20.7 Å². The van der Waals surface area contributed by atoms with Crippen molar-refractivity contribution in [2.45, 2.75) is 38.3 Å². The van der Waals surface area contributed by atoms with E-state index in [0.29, 0.717) is 0 Å². The smallest absolute Gasteiger partial charge is 0.260 e. The van der Waals surface area contributed by atoms with Crippen LogP contribution in [0.3, 0.4) is 0 Å². The molecule has 0 aliphatic carbocycles. The lowest BCUT2D eigenvalue weighted by Crippen LogP contribution is -2.51. The molecule has 11 heteroatoms. The predicted octanol–water partition coefficient (Wildman–Crippen LogP) is 0.153. The van der Waals surface area contributed by atoms with Crippen molar-refractivity contribution in [2.75, 3.05) is 0 Å². The van der Waals surface area contributed by atoms with Gasteiger partial charge in [0.2, 0.25) is 10.0 Å². The molecule has 146 valence electrons. The second-order valence-electron chi connectivity index (χ2n) is 5.92. The highest BCUT2D eigenvalue weighted by Crippen LogP contribution is 2.10. The standard InChI is InChI=1S/C16H20FN5O4S/c1-10-8-11(2)22(20-10)9-15(23)18-19-16(24)12(3)21-27(25,26)14-6-4-13(17)5-7-14/h4-8,12,21H,9H2,1-3H3,(H,18,23)(H,19,24)/t12-/m0/s1. The van der Waals surface area contributed by atoms with Gasteiger partial charge < -0.3 is 0 Å². The van der Waals surface area contributed by atoms with Gasteiger partial charge in [0.1, 0.15) is 12.4 Å². The topological polar surface area (TPSA) is 122 Å². The van der Waals surface area contributed by atoms with Crippen LogP contribution in [-0.4, -0.2) is 36.1 Å². The van der Waals surface area contributed by atoms with E-state index in [1.807, 2.05) is 0 Å². The summed E-state index contributed by atoms with van der Waals surface area (Å²) in [5, 5.41) is 4.13. The Balaban J connectivity index is 1.88. The van der Waals surface area contributed by atoms with Gasteiger partial charge in [-0.05, 0) is 51.1 Å². The van der Waals surface area contributed by atoms with Crippen LogP contribution in [0, 0.1) is 19.7 Å². The first-order chi connectivity index (χ1) is 12.6. The van der Waals surface area contributed by atoms with Crippen molar-refractivity contribution < 1.29 is 22.4 Å². The number of benzene rings is 1. The van der Waals surface area contributed by atoms with Crippen molar-refractivity contribution in [2.24, 2.45) is 0 Å². The summed E-state index contributed by atoms with van der Waals surface area (Å²) in [7, 11) is -4.02. The van der Waals surface area contributed by atoms with Gasteiger partial charge in [-0.15, -0.1) is 0 Å². The molecule has 1 aromatic carbocycles. The first kappa shape index (κ1) is 20.5. The quantitative estimate of drug-likeness (QED) is 0.599. The number of halogens is 1. The summed E-state index contributed by atoms with van der Waals surface area (Å²) in [5.74, 6) is -1.87. The second kappa shape index (κ2) is 8.27. The van der Waals surface area contributed by atoms with Gasteiger partial charge in [0.25, 0.3) is 11.8 Å². The average Bonchev–Trinajstić information content (AvgIpc) is 2.89. The molecule has 27 heavy (non-hydrogen) atoms. The summed E-state index contributed by atoms with van der Waals surface area (Å²) < 4.78 is 40.8. The van der Waals surface area contributed by atoms with E-state index in [0.717, 1.165) is 35.7 Å². The van der Waals surface area contributed by atoms with Crippen LogP contribution in [0.5, 0.6) is 0 Å². The molecule has 0 aliphatic rings. The number of carbonyl (C=O) groups is 2. The fourth-order valence-electron chi connectivity index (χ4n) is 2.22. The number of sulfonamides is 1. The zero-order valence-electron chi connectivity index (χ0n) is 15.0. The van der Waals surface area contributed by atoms with E-state index in [1.165, 1.54) is 11.6 Å². The van der Waals surface area contributed by atoms with Gasteiger partial charge in [-0.1, -0.05) is 0 Å². The summed E-state index contributed by atoms with van der Waals surface area (Å²) >= 11 is 0. The lowest BCUT2D eigenvalue weighted by Gasteiger charge is -2.15. The SMILES string of the molecule is Cc1cc(C)n(CC(=O)NNC(=O)[C@H](C)NS(=O)(=O)c2ccc(F)cc2)n1. The maximum absolute atomic E-state index is 12.9. The first-order valence-electron chi connectivity index (χ1n) is 7.96. The van der Waals surface area contributed by atoms with Gasteiger partial charge in [-0.3, -0.25) is 25.1 Å². The number of hydrogen-bond acceptors (Lipinski definition) is 5. The van der Waals surface area contributed by atoms with Crippen LogP contribution in [-0.2, 0) is 26.2 Å². The van der Waals surface area contributed by atoms with Crippen molar-refractivity contribution in [3.63, 3.8) is 0 Å². The largest absolute Gasteiger partial charge is 0.271 e. The van der Waals surface area contributed by atoms with E-state index in [1.54, 1.807) is 19.9 Å². The van der Waals surface area contributed by atoms with Crippen molar-refractivity contribution in [3.8, 4) is 0 Å². The van der Waals surface area contributed by atoms with Gasteiger partial charge >= 0.3 is 0 Å². The van der Waals surface area contributed by atoms with E-state index in [-0.39, 0.29) is 11.4 Å². The molecule has 3 N–H and O–H groups in total. The molecule has 0 fully saturated rings. The molecule has 0 radical (unpaired) electrons. The third-order valence-electron chi connectivity index (χ3n) is 3.57. The van der Waals surface area contributed by atoms with Gasteiger partial charge in [-0.2, -0.15) is 9.82 Å². The minimum Gasteiger partial charge on any atom is -0.271 e. The van der Waals surface area contributed by atoms with E-state index in [9.17, 15) is 22.4 Å². The minimum absolute atomic E-state index is 0.102. The molecule has 2 rings (SSSR count). The first-order valence-corrected chi connectivity index (χ1v) is 9.44. The maximum atomic E-state index is 12.9. The maximum Gasteiger partial charge on any atom is 0.260 e. The summed E-state index contributed by atoms with van der Waals surface area (Å²) in [5.41, 5.74) is 5.89. The van der Waals surface area contributed by atoms with Crippen LogP contribution in [0.1, 0.15) is 18.3 Å². The highest BCUT2D eigenvalue weighted by molar-refractivity contribution is 7.89. The Labute approximate surface area is 156 Å². The molecule has 2 amide bonds. The normalized spacial score (nSPS) is 12.4. The number of nitrogens with one attached hydrogen (secondary N) is 3. The molecule has 9 nitrogen and oxygen atoms in total. The monoisotopic (exact) mass is 397 g/mol. The molecule has 0 saturated heterocycles. The van der Waals surface area contributed by atoms with Crippen molar-refractivity contribution in [3.05, 3.63) is 47.5 Å². The number of aromatic nitrogens is 2. The van der Waals surface area contributed by atoms with E-state index < -0.39 is 33.7 Å². The Bertz CT molecular complexity index is 940. The van der Waals surface area contributed by atoms with Crippen LogP contribution in [0.25, 0.3) is 0 Å². The van der Waals surface area contributed by atoms with Gasteiger partial charge in [0, 0.05) is 5.69 Å². The third kappa shape index (κ3) is 5.59.